The van der Waals surface area contributed by atoms with Crippen molar-refractivity contribution in [3.8, 4) is 23.0 Å². The maximum absolute atomic E-state index is 10.8. The number of benzene rings is 2. The van der Waals surface area contributed by atoms with Crippen LogP contribution in [0.5, 0.6) is 23.0 Å². The molecule has 2 aliphatic heterocycles. The summed E-state index contributed by atoms with van der Waals surface area (Å²) in [5.41, 5.74) is 1.61. The van der Waals surface area contributed by atoms with Gasteiger partial charge in [0.2, 0.25) is 0 Å². The van der Waals surface area contributed by atoms with Gasteiger partial charge in [-0.25, -0.2) is 0 Å². The lowest BCUT2D eigenvalue weighted by Gasteiger charge is -2.18. The predicted molar refractivity (Wildman–Crippen MR) is 156 cm³/mol. The van der Waals surface area contributed by atoms with Crippen LogP contribution in [0.25, 0.3) is 0 Å². The van der Waals surface area contributed by atoms with Crippen LogP contribution < -0.4 is 18.9 Å². The van der Waals surface area contributed by atoms with E-state index in [9.17, 15) is 10.2 Å². The van der Waals surface area contributed by atoms with Crippen molar-refractivity contribution in [2.45, 2.75) is 50.7 Å². The smallest absolute Gasteiger partial charge is 0.161 e. The van der Waals surface area contributed by atoms with E-state index in [0.717, 1.165) is 36.8 Å². The first kappa shape index (κ1) is 32.3. The Morgan fingerprint density at radius 1 is 0.429 bits per heavy atom. The number of fused-ring (bicyclic) bond motifs is 2. The van der Waals surface area contributed by atoms with E-state index in [4.69, 9.17) is 37.9 Å². The van der Waals surface area contributed by atoms with Crippen molar-refractivity contribution in [1.82, 2.24) is 0 Å². The first-order valence-corrected chi connectivity index (χ1v) is 15.2. The normalized spacial score (nSPS) is 18.8. The van der Waals surface area contributed by atoms with Gasteiger partial charge in [-0.1, -0.05) is 37.8 Å². The number of unbranched alkanes of at least 4 members (excludes halogenated alkanes) is 3. The van der Waals surface area contributed by atoms with Crippen LogP contribution in [-0.4, -0.2) is 89.5 Å². The average Bonchev–Trinajstić information content (AvgIpc) is 2.99. The standard InChI is InChI=1S/C32H46O10/c33-27(25-7-9-29-31(23-25)41-21-17-37-13-11-35-15-19-39-29)5-3-1-2-4-6-28(34)26-8-10-30-32(24-26)42-22-18-38-14-12-36-16-20-40-30/h7-10,23-24,27-28,33-34H,1-6,11-22H2. The van der Waals surface area contributed by atoms with Gasteiger partial charge < -0.3 is 48.1 Å². The van der Waals surface area contributed by atoms with Gasteiger partial charge >= 0.3 is 0 Å². The minimum Gasteiger partial charge on any atom is -0.487 e. The first-order valence-electron chi connectivity index (χ1n) is 15.2. The molecule has 0 aromatic heterocycles. The van der Waals surface area contributed by atoms with E-state index in [0.29, 0.717) is 115 Å². The Kier molecular flexibility index (Phi) is 14.5. The first-order chi connectivity index (χ1) is 20.7. The zero-order valence-electron chi connectivity index (χ0n) is 24.5. The second-order valence-corrected chi connectivity index (χ2v) is 10.3. The highest BCUT2D eigenvalue weighted by molar-refractivity contribution is 5.44. The minimum absolute atomic E-state index is 0.401. The van der Waals surface area contributed by atoms with Crippen LogP contribution in [-0.2, 0) is 18.9 Å². The molecule has 2 aliphatic rings. The third-order valence-electron chi connectivity index (χ3n) is 7.10. The van der Waals surface area contributed by atoms with Gasteiger partial charge in [0.05, 0.1) is 65.1 Å². The van der Waals surface area contributed by atoms with Crippen molar-refractivity contribution in [2.75, 3.05) is 79.3 Å². The van der Waals surface area contributed by atoms with Crippen LogP contribution in [0.2, 0.25) is 0 Å². The molecule has 2 N–H and O–H groups in total. The fraction of sp³-hybridized carbons (Fsp3) is 0.625. The molecule has 2 atom stereocenters. The number of hydrogen-bond acceptors (Lipinski definition) is 10. The molecule has 0 saturated heterocycles. The van der Waals surface area contributed by atoms with Gasteiger partial charge in [-0.3, -0.25) is 0 Å². The Morgan fingerprint density at radius 3 is 1.14 bits per heavy atom. The molecular formula is C32H46O10. The molecule has 0 spiro atoms. The van der Waals surface area contributed by atoms with Gasteiger partial charge in [-0.05, 0) is 48.2 Å². The molecule has 0 radical (unpaired) electrons. The van der Waals surface area contributed by atoms with Crippen molar-refractivity contribution < 1.29 is 48.1 Å². The fourth-order valence-corrected chi connectivity index (χ4v) is 4.78. The SMILES string of the molecule is OC(CCCCCCC(O)c1ccc2c(c1)OCCOCCOCCO2)c1ccc2c(c1)OCCOCCOCCO2. The number of aliphatic hydroxyl groups is 2. The highest BCUT2D eigenvalue weighted by atomic mass is 16.6. The van der Waals surface area contributed by atoms with E-state index in [2.05, 4.69) is 0 Å². The van der Waals surface area contributed by atoms with Crippen LogP contribution >= 0.6 is 0 Å². The molecule has 0 fully saturated rings. The molecule has 2 unspecified atom stereocenters. The van der Waals surface area contributed by atoms with Gasteiger partial charge in [0, 0.05) is 0 Å². The van der Waals surface area contributed by atoms with E-state index >= 15 is 0 Å². The Balaban J connectivity index is 1.18. The second-order valence-electron chi connectivity index (χ2n) is 10.3. The van der Waals surface area contributed by atoms with Crippen molar-refractivity contribution in [3.63, 3.8) is 0 Å². The second kappa shape index (κ2) is 18.8. The molecule has 2 aromatic carbocycles. The number of hydrogen-bond donors (Lipinski definition) is 2. The van der Waals surface area contributed by atoms with E-state index in [1.165, 1.54) is 0 Å². The quantitative estimate of drug-likeness (QED) is 0.407. The van der Waals surface area contributed by atoms with E-state index in [1.807, 2.05) is 36.4 Å². The summed E-state index contributed by atoms with van der Waals surface area (Å²) in [6.07, 6.45) is 3.82. The summed E-state index contributed by atoms with van der Waals surface area (Å²) in [7, 11) is 0. The number of rotatable bonds is 9. The third kappa shape index (κ3) is 11.2. The number of ether oxygens (including phenoxy) is 8. The van der Waals surface area contributed by atoms with Crippen molar-refractivity contribution in [3.05, 3.63) is 47.5 Å². The molecule has 2 aromatic rings. The lowest BCUT2D eigenvalue weighted by atomic mass is 9.99. The average molecular weight is 591 g/mol. The Morgan fingerprint density at radius 2 is 0.762 bits per heavy atom. The van der Waals surface area contributed by atoms with Crippen LogP contribution in [0.4, 0.5) is 0 Å². The van der Waals surface area contributed by atoms with Gasteiger partial charge in [0.1, 0.15) is 26.4 Å². The summed E-state index contributed by atoms with van der Waals surface area (Å²) in [6.45, 7) is 5.66. The summed E-state index contributed by atoms with van der Waals surface area (Å²) in [4.78, 5) is 0. The Bertz CT molecular complexity index is 951. The molecule has 0 saturated carbocycles. The number of aliphatic hydroxyl groups excluding tert-OH is 2. The van der Waals surface area contributed by atoms with Gasteiger partial charge in [-0.15, -0.1) is 0 Å². The predicted octanol–water partition coefficient (Wildman–Crippen LogP) is 4.40. The molecule has 0 bridgehead atoms. The molecule has 42 heavy (non-hydrogen) atoms. The van der Waals surface area contributed by atoms with Crippen molar-refractivity contribution >= 4 is 0 Å². The molecular weight excluding hydrogens is 544 g/mol. The summed E-state index contributed by atoms with van der Waals surface area (Å²) in [6, 6.07) is 11.2. The fourth-order valence-electron chi connectivity index (χ4n) is 4.78. The zero-order valence-corrected chi connectivity index (χ0v) is 24.5. The zero-order chi connectivity index (χ0) is 29.2. The lowest BCUT2D eigenvalue weighted by Crippen LogP contribution is -2.16. The molecule has 234 valence electrons. The Labute approximate surface area is 248 Å². The van der Waals surface area contributed by atoms with Gasteiger partial charge in [-0.2, -0.15) is 0 Å². The monoisotopic (exact) mass is 590 g/mol. The van der Waals surface area contributed by atoms with E-state index in [-0.39, 0.29) is 0 Å². The molecule has 4 rings (SSSR count). The summed E-state index contributed by atoms with van der Waals surface area (Å²) >= 11 is 0. The topological polar surface area (TPSA) is 114 Å². The maximum atomic E-state index is 10.8. The largest absolute Gasteiger partial charge is 0.487 e. The molecule has 10 heteroatoms. The summed E-state index contributed by atoms with van der Waals surface area (Å²) in [5, 5.41) is 21.6. The van der Waals surface area contributed by atoms with Gasteiger partial charge in [0.15, 0.2) is 23.0 Å². The molecule has 2 heterocycles. The van der Waals surface area contributed by atoms with Crippen molar-refractivity contribution in [2.24, 2.45) is 0 Å². The molecule has 10 nitrogen and oxygen atoms in total. The summed E-state index contributed by atoms with van der Waals surface area (Å²) in [5.74, 6) is 2.49. The molecule has 0 aliphatic carbocycles. The third-order valence-corrected chi connectivity index (χ3v) is 7.10. The lowest BCUT2D eigenvalue weighted by molar-refractivity contribution is 0.0223. The maximum Gasteiger partial charge on any atom is 0.161 e. The van der Waals surface area contributed by atoms with E-state index in [1.54, 1.807) is 0 Å². The van der Waals surface area contributed by atoms with Crippen LogP contribution in [0.1, 0.15) is 61.9 Å². The van der Waals surface area contributed by atoms with Crippen LogP contribution in [0, 0.1) is 0 Å². The highest BCUT2D eigenvalue weighted by Crippen LogP contribution is 2.34. The van der Waals surface area contributed by atoms with Crippen molar-refractivity contribution in [1.29, 1.82) is 0 Å². The van der Waals surface area contributed by atoms with Gasteiger partial charge in [0.25, 0.3) is 0 Å². The van der Waals surface area contributed by atoms with Crippen LogP contribution in [0.15, 0.2) is 36.4 Å². The van der Waals surface area contributed by atoms with E-state index < -0.39 is 12.2 Å². The highest BCUT2D eigenvalue weighted by Gasteiger charge is 2.15. The minimum atomic E-state index is -0.587. The van der Waals surface area contributed by atoms with Crippen LogP contribution in [0.3, 0.4) is 0 Å². The summed E-state index contributed by atoms with van der Waals surface area (Å²) < 4.78 is 45.3. The Hall–Kier alpha value is -2.60. The molecule has 0 amide bonds.